The van der Waals surface area contributed by atoms with Crippen LogP contribution in [-0.4, -0.2) is 21.8 Å². The summed E-state index contributed by atoms with van der Waals surface area (Å²) in [5.74, 6) is 0.00875. The summed E-state index contributed by atoms with van der Waals surface area (Å²) in [5.41, 5.74) is 1.05. The van der Waals surface area contributed by atoms with Gasteiger partial charge in [-0.3, -0.25) is 4.79 Å². The predicted octanol–water partition coefficient (Wildman–Crippen LogP) is 2.28. The molecule has 0 aliphatic heterocycles. The number of amides is 1. The van der Waals surface area contributed by atoms with E-state index in [4.69, 9.17) is 0 Å². The Balaban J connectivity index is 2.31. The molecule has 5 heteroatoms. The first-order valence-corrected chi connectivity index (χ1v) is 6.45. The summed E-state index contributed by atoms with van der Waals surface area (Å²) >= 11 is 4.94. The molecule has 84 valence electrons. The topological polar surface area (TPSA) is 42.0 Å². The fourth-order valence-corrected chi connectivity index (χ4v) is 1.82. The molecule has 0 aliphatic rings. The van der Waals surface area contributed by atoms with Crippen LogP contribution in [0.3, 0.4) is 0 Å². The van der Waals surface area contributed by atoms with Crippen LogP contribution >= 0.6 is 27.3 Å². The van der Waals surface area contributed by atoms with Gasteiger partial charge in [0.2, 0.25) is 5.91 Å². The van der Waals surface area contributed by atoms with Gasteiger partial charge in [-0.2, -0.15) is 0 Å². The third-order valence-electron chi connectivity index (χ3n) is 1.87. The zero-order chi connectivity index (χ0) is 11.5. The highest BCUT2D eigenvalue weighted by molar-refractivity contribution is 9.10. The van der Waals surface area contributed by atoms with Gasteiger partial charge in [0.1, 0.15) is 0 Å². The number of aryl methyl sites for hydroxylation is 1. The third kappa shape index (κ3) is 4.30. The first kappa shape index (κ1) is 12.6. The van der Waals surface area contributed by atoms with Crippen molar-refractivity contribution >= 4 is 33.2 Å². The molecule has 0 aromatic carbocycles. The second kappa shape index (κ2) is 5.07. The van der Waals surface area contributed by atoms with Gasteiger partial charge in [0.05, 0.1) is 15.0 Å². The van der Waals surface area contributed by atoms with E-state index in [-0.39, 0.29) is 5.91 Å². The lowest BCUT2D eigenvalue weighted by Gasteiger charge is -2.15. The van der Waals surface area contributed by atoms with Gasteiger partial charge >= 0.3 is 0 Å². The molecule has 1 heterocycles. The number of hydrogen-bond donors (Lipinski definition) is 1. The van der Waals surface area contributed by atoms with Crippen LogP contribution in [0.2, 0.25) is 0 Å². The van der Waals surface area contributed by atoms with Gasteiger partial charge in [0.25, 0.3) is 0 Å². The van der Waals surface area contributed by atoms with Gasteiger partial charge < -0.3 is 5.32 Å². The van der Waals surface area contributed by atoms with Crippen molar-refractivity contribution in [1.82, 2.24) is 10.3 Å². The van der Waals surface area contributed by atoms with Gasteiger partial charge in [0.15, 0.2) is 0 Å². The SMILES string of the molecule is Cc1nc(CCNC(=O)C(C)(C)Br)cs1. The lowest BCUT2D eigenvalue weighted by atomic mass is 10.2. The number of rotatable bonds is 4. The highest BCUT2D eigenvalue weighted by Crippen LogP contribution is 2.15. The highest BCUT2D eigenvalue weighted by Gasteiger charge is 2.22. The summed E-state index contributed by atoms with van der Waals surface area (Å²) < 4.78 is -0.495. The van der Waals surface area contributed by atoms with Crippen LogP contribution in [-0.2, 0) is 11.2 Å². The van der Waals surface area contributed by atoms with Crippen LogP contribution in [0, 0.1) is 6.92 Å². The van der Waals surface area contributed by atoms with Crippen LogP contribution in [0.5, 0.6) is 0 Å². The number of hydrogen-bond acceptors (Lipinski definition) is 3. The molecule has 3 nitrogen and oxygen atoms in total. The average Bonchev–Trinajstić information content (AvgIpc) is 2.49. The number of aromatic nitrogens is 1. The molecule has 1 aromatic heterocycles. The molecular formula is C10H15BrN2OS. The Morgan fingerprint density at radius 2 is 2.33 bits per heavy atom. The number of nitrogens with one attached hydrogen (secondary N) is 1. The van der Waals surface area contributed by atoms with Crippen molar-refractivity contribution in [3.8, 4) is 0 Å². The molecule has 0 unspecified atom stereocenters. The molecule has 1 N–H and O–H groups in total. The number of thiazole rings is 1. The molecule has 0 saturated heterocycles. The Labute approximate surface area is 102 Å². The summed E-state index contributed by atoms with van der Waals surface area (Å²) in [6, 6.07) is 0. The molecule has 0 saturated carbocycles. The lowest BCUT2D eigenvalue weighted by Crippen LogP contribution is -2.38. The van der Waals surface area contributed by atoms with Crippen LogP contribution in [0.4, 0.5) is 0 Å². The molecule has 15 heavy (non-hydrogen) atoms. The minimum absolute atomic E-state index is 0.00875. The Hall–Kier alpha value is -0.420. The van der Waals surface area contributed by atoms with Crippen molar-refractivity contribution in [1.29, 1.82) is 0 Å². The first-order chi connectivity index (χ1) is 6.89. The molecule has 0 bridgehead atoms. The largest absolute Gasteiger partial charge is 0.355 e. The minimum atomic E-state index is -0.495. The van der Waals surface area contributed by atoms with Crippen molar-refractivity contribution in [2.45, 2.75) is 31.5 Å². The Morgan fingerprint density at radius 3 is 2.80 bits per heavy atom. The molecule has 0 radical (unpaired) electrons. The number of halogens is 1. The normalized spacial score (nSPS) is 11.5. The Kier molecular flexibility index (Phi) is 4.28. The summed E-state index contributed by atoms with van der Waals surface area (Å²) in [5, 5.41) is 5.95. The van der Waals surface area contributed by atoms with E-state index in [1.165, 1.54) is 0 Å². The van der Waals surface area contributed by atoms with Crippen molar-refractivity contribution in [2.75, 3.05) is 6.54 Å². The van der Waals surface area contributed by atoms with E-state index < -0.39 is 4.32 Å². The number of carbonyl (C=O) groups is 1. The average molecular weight is 291 g/mol. The van der Waals surface area contributed by atoms with Crippen LogP contribution < -0.4 is 5.32 Å². The van der Waals surface area contributed by atoms with Crippen molar-refractivity contribution < 1.29 is 4.79 Å². The van der Waals surface area contributed by atoms with E-state index in [2.05, 4.69) is 26.2 Å². The van der Waals surface area contributed by atoms with Crippen LogP contribution in [0.15, 0.2) is 5.38 Å². The molecule has 1 aromatic rings. The zero-order valence-corrected chi connectivity index (χ0v) is 11.5. The lowest BCUT2D eigenvalue weighted by molar-refractivity contribution is -0.122. The van der Waals surface area contributed by atoms with E-state index in [1.807, 2.05) is 26.2 Å². The molecule has 0 atom stereocenters. The summed E-state index contributed by atoms with van der Waals surface area (Å²) in [4.78, 5) is 15.8. The number of nitrogens with zero attached hydrogens (tertiary/aromatic N) is 1. The third-order valence-corrected chi connectivity index (χ3v) is 3.06. The maximum Gasteiger partial charge on any atom is 0.236 e. The molecule has 1 rings (SSSR count). The Bertz CT molecular complexity index is 343. The predicted molar refractivity (Wildman–Crippen MR) is 66.6 cm³/mol. The van der Waals surface area contributed by atoms with Crippen molar-refractivity contribution in [3.63, 3.8) is 0 Å². The van der Waals surface area contributed by atoms with Gasteiger partial charge in [-0.25, -0.2) is 4.98 Å². The van der Waals surface area contributed by atoms with Crippen molar-refractivity contribution in [3.05, 3.63) is 16.1 Å². The zero-order valence-electron chi connectivity index (χ0n) is 9.13. The maximum atomic E-state index is 11.5. The standard InChI is InChI=1S/C10H15BrN2OS/c1-7-13-8(6-15-7)4-5-12-9(14)10(2,3)11/h6H,4-5H2,1-3H3,(H,12,14). The maximum absolute atomic E-state index is 11.5. The number of carbonyl (C=O) groups excluding carboxylic acids is 1. The highest BCUT2D eigenvalue weighted by atomic mass is 79.9. The molecule has 0 spiro atoms. The fraction of sp³-hybridized carbons (Fsp3) is 0.600. The summed E-state index contributed by atoms with van der Waals surface area (Å²) in [6.45, 7) is 6.27. The smallest absolute Gasteiger partial charge is 0.236 e. The second-order valence-electron chi connectivity index (χ2n) is 3.84. The summed E-state index contributed by atoms with van der Waals surface area (Å²) in [6.07, 6.45) is 0.791. The summed E-state index contributed by atoms with van der Waals surface area (Å²) in [7, 11) is 0. The van der Waals surface area contributed by atoms with Gasteiger partial charge in [-0.05, 0) is 20.8 Å². The van der Waals surface area contributed by atoms with Gasteiger partial charge in [0, 0.05) is 18.3 Å². The quantitative estimate of drug-likeness (QED) is 0.865. The van der Waals surface area contributed by atoms with E-state index in [0.29, 0.717) is 6.54 Å². The monoisotopic (exact) mass is 290 g/mol. The molecule has 1 amide bonds. The van der Waals surface area contributed by atoms with Gasteiger partial charge in [-0.15, -0.1) is 11.3 Å². The van der Waals surface area contributed by atoms with E-state index >= 15 is 0 Å². The molecule has 0 aliphatic carbocycles. The molecular weight excluding hydrogens is 276 g/mol. The number of alkyl halides is 1. The fourth-order valence-electron chi connectivity index (χ4n) is 1.04. The van der Waals surface area contributed by atoms with Crippen molar-refractivity contribution in [2.24, 2.45) is 0 Å². The van der Waals surface area contributed by atoms with Gasteiger partial charge in [-0.1, -0.05) is 15.9 Å². The van der Waals surface area contributed by atoms with E-state index in [0.717, 1.165) is 17.1 Å². The second-order valence-corrected chi connectivity index (χ2v) is 6.88. The molecule has 0 fully saturated rings. The first-order valence-electron chi connectivity index (χ1n) is 4.78. The minimum Gasteiger partial charge on any atom is -0.355 e. The van der Waals surface area contributed by atoms with E-state index in [9.17, 15) is 4.79 Å². The van der Waals surface area contributed by atoms with Crippen LogP contribution in [0.1, 0.15) is 24.5 Å². The Morgan fingerprint density at radius 1 is 1.67 bits per heavy atom. The van der Waals surface area contributed by atoms with E-state index in [1.54, 1.807) is 11.3 Å². The van der Waals surface area contributed by atoms with Crippen LogP contribution in [0.25, 0.3) is 0 Å².